The predicted octanol–water partition coefficient (Wildman–Crippen LogP) is 4.90. The Morgan fingerprint density at radius 1 is 1.04 bits per heavy atom. The quantitative estimate of drug-likeness (QED) is 0.506. The molecule has 0 aliphatic rings. The van der Waals surface area contributed by atoms with Crippen LogP contribution >= 0.6 is 0 Å². The van der Waals surface area contributed by atoms with Gasteiger partial charge < -0.3 is 14.5 Å². The third kappa shape index (κ3) is 3.60. The lowest BCUT2D eigenvalue weighted by atomic mass is 10.1. The molecule has 0 amide bonds. The number of carbonyl (C=O) groups excluding carboxylic acids is 1. The molecule has 4 aromatic rings. The summed E-state index contributed by atoms with van der Waals surface area (Å²) in [4.78, 5) is 19.7. The van der Waals surface area contributed by atoms with Crippen molar-refractivity contribution in [1.29, 1.82) is 0 Å². The van der Waals surface area contributed by atoms with Crippen LogP contribution in [0, 0.1) is 6.92 Å². The summed E-state index contributed by atoms with van der Waals surface area (Å²) in [7, 11) is 1.37. The summed E-state index contributed by atoms with van der Waals surface area (Å²) in [6, 6.07) is 21.3. The number of aryl methyl sites for hydroxylation is 1. The van der Waals surface area contributed by atoms with Crippen molar-refractivity contribution >= 4 is 17.0 Å². The number of aromatic amines is 1. The van der Waals surface area contributed by atoms with Crippen LogP contribution < -0.4 is 4.74 Å². The minimum absolute atomic E-state index is 0.375. The average Bonchev–Trinajstić information content (AvgIpc) is 3.16. The highest BCUT2D eigenvalue weighted by Gasteiger charge is 2.13. The van der Waals surface area contributed by atoms with Gasteiger partial charge in [-0.05, 0) is 42.8 Å². The maximum absolute atomic E-state index is 11.8. The summed E-state index contributed by atoms with van der Waals surface area (Å²) in [6.45, 7) is 2.54. The SMILES string of the molecule is COC(=O)c1ccc2nc(-c3ccccc3OCc3ccc(C)cc3)[nH]c2c1. The molecule has 0 bridgehead atoms. The van der Waals surface area contributed by atoms with E-state index in [0.717, 1.165) is 27.9 Å². The molecule has 0 saturated carbocycles. The Bertz CT molecular complexity index is 1130. The molecule has 4 rings (SSSR count). The van der Waals surface area contributed by atoms with E-state index in [1.807, 2.05) is 24.3 Å². The normalized spacial score (nSPS) is 10.8. The van der Waals surface area contributed by atoms with E-state index in [2.05, 4.69) is 41.2 Å². The standard InChI is InChI=1S/C23H20N2O3/c1-15-7-9-16(10-8-15)14-28-21-6-4-3-5-18(21)22-24-19-12-11-17(23(26)27-2)13-20(19)25-22/h3-13H,14H2,1-2H3,(H,24,25). The fourth-order valence-electron chi connectivity index (χ4n) is 3.02. The van der Waals surface area contributed by atoms with Crippen LogP contribution in [0.5, 0.6) is 5.75 Å². The number of imidazole rings is 1. The number of hydrogen-bond donors (Lipinski definition) is 1. The lowest BCUT2D eigenvalue weighted by Crippen LogP contribution is -2.00. The molecule has 1 aromatic heterocycles. The number of benzene rings is 3. The second kappa shape index (κ2) is 7.56. The number of methoxy groups -OCH3 is 1. The van der Waals surface area contributed by atoms with E-state index in [9.17, 15) is 4.79 Å². The Kier molecular flexibility index (Phi) is 4.81. The van der Waals surface area contributed by atoms with Gasteiger partial charge in [0.2, 0.25) is 0 Å². The first-order valence-electron chi connectivity index (χ1n) is 9.00. The van der Waals surface area contributed by atoms with Gasteiger partial charge in [0.1, 0.15) is 18.2 Å². The molecule has 0 unspecified atom stereocenters. The molecule has 5 heteroatoms. The Morgan fingerprint density at radius 2 is 1.82 bits per heavy atom. The second-order valence-electron chi connectivity index (χ2n) is 6.58. The average molecular weight is 372 g/mol. The van der Waals surface area contributed by atoms with E-state index in [0.29, 0.717) is 18.0 Å². The van der Waals surface area contributed by atoms with Gasteiger partial charge >= 0.3 is 5.97 Å². The van der Waals surface area contributed by atoms with E-state index in [1.165, 1.54) is 12.7 Å². The third-order valence-electron chi connectivity index (χ3n) is 4.56. The maximum Gasteiger partial charge on any atom is 0.337 e. The molecule has 28 heavy (non-hydrogen) atoms. The number of esters is 1. The first kappa shape index (κ1) is 17.8. The number of fused-ring (bicyclic) bond motifs is 1. The van der Waals surface area contributed by atoms with Gasteiger partial charge in [-0.3, -0.25) is 0 Å². The molecule has 1 heterocycles. The van der Waals surface area contributed by atoms with Gasteiger partial charge in [-0.15, -0.1) is 0 Å². The number of nitrogens with one attached hydrogen (secondary N) is 1. The zero-order valence-corrected chi connectivity index (χ0v) is 15.7. The van der Waals surface area contributed by atoms with Crippen LogP contribution in [-0.2, 0) is 11.3 Å². The summed E-state index contributed by atoms with van der Waals surface area (Å²) < 4.78 is 10.8. The maximum atomic E-state index is 11.8. The van der Waals surface area contributed by atoms with Crippen molar-refractivity contribution in [1.82, 2.24) is 9.97 Å². The minimum Gasteiger partial charge on any atom is -0.488 e. The number of hydrogen-bond acceptors (Lipinski definition) is 4. The van der Waals surface area contributed by atoms with Crippen molar-refractivity contribution in [3.05, 3.63) is 83.4 Å². The molecule has 140 valence electrons. The lowest BCUT2D eigenvalue weighted by molar-refractivity contribution is 0.0601. The number of ether oxygens (including phenoxy) is 2. The van der Waals surface area contributed by atoms with Crippen LogP contribution in [0.2, 0.25) is 0 Å². The number of rotatable bonds is 5. The number of nitrogens with zero attached hydrogens (tertiary/aromatic N) is 1. The van der Waals surface area contributed by atoms with Crippen molar-refractivity contribution in [2.45, 2.75) is 13.5 Å². The van der Waals surface area contributed by atoms with Crippen molar-refractivity contribution in [3.63, 3.8) is 0 Å². The van der Waals surface area contributed by atoms with Gasteiger partial charge in [0.25, 0.3) is 0 Å². The van der Waals surface area contributed by atoms with Crippen LogP contribution in [-0.4, -0.2) is 23.0 Å². The highest BCUT2D eigenvalue weighted by molar-refractivity contribution is 5.94. The Hall–Kier alpha value is -3.60. The van der Waals surface area contributed by atoms with Crippen molar-refractivity contribution in [3.8, 4) is 17.1 Å². The first-order valence-corrected chi connectivity index (χ1v) is 9.00. The fraction of sp³-hybridized carbons (Fsp3) is 0.130. The summed E-state index contributed by atoms with van der Waals surface area (Å²) in [6.07, 6.45) is 0. The van der Waals surface area contributed by atoms with Gasteiger partial charge in [0.05, 0.1) is 29.3 Å². The molecule has 0 radical (unpaired) electrons. The molecule has 0 atom stereocenters. The number of carbonyl (C=O) groups is 1. The predicted molar refractivity (Wildman–Crippen MR) is 108 cm³/mol. The van der Waals surface area contributed by atoms with Gasteiger partial charge in [-0.25, -0.2) is 9.78 Å². The lowest BCUT2D eigenvalue weighted by Gasteiger charge is -2.10. The molecule has 0 fully saturated rings. The smallest absolute Gasteiger partial charge is 0.337 e. The summed E-state index contributed by atoms with van der Waals surface area (Å²) in [5.74, 6) is 1.06. The molecule has 0 aliphatic heterocycles. The zero-order chi connectivity index (χ0) is 19.5. The summed E-state index contributed by atoms with van der Waals surface area (Å²) in [5, 5.41) is 0. The molecule has 0 spiro atoms. The van der Waals surface area contributed by atoms with Gasteiger partial charge in [0.15, 0.2) is 0 Å². The largest absolute Gasteiger partial charge is 0.488 e. The van der Waals surface area contributed by atoms with E-state index in [1.54, 1.807) is 18.2 Å². The number of H-pyrrole nitrogens is 1. The summed E-state index contributed by atoms with van der Waals surface area (Å²) in [5.41, 5.74) is 5.22. The van der Waals surface area contributed by atoms with Crippen LogP contribution in [0.4, 0.5) is 0 Å². The van der Waals surface area contributed by atoms with Crippen LogP contribution in [0.3, 0.4) is 0 Å². The minimum atomic E-state index is -0.375. The first-order chi connectivity index (χ1) is 13.6. The fourth-order valence-corrected chi connectivity index (χ4v) is 3.02. The van der Waals surface area contributed by atoms with E-state index >= 15 is 0 Å². The van der Waals surface area contributed by atoms with Crippen LogP contribution in [0.15, 0.2) is 66.7 Å². The van der Waals surface area contributed by atoms with Gasteiger partial charge in [0, 0.05) is 0 Å². The van der Waals surface area contributed by atoms with Gasteiger partial charge in [-0.1, -0.05) is 42.0 Å². The molecule has 5 nitrogen and oxygen atoms in total. The number of aromatic nitrogens is 2. The second-order valence-corrected chi connectivity index (χ2v) is 6.58. The monoisotopic (exact) mass is 372 g/mol. The van der Waals surface area contributed by atoms with E-state index in [-0.39, 0.29) is 5.97 Å². The van der Waals surface area contributed by atoms with E-state index in [4.69, 9.17) is 9.47 Å². The molecule has 0 aliphatic carbocycles. The highest BCUT2D eigenvalue weighted by atomic mass is 16.5. The molecule has 1 N–H and O–H groups in total. The highest BCUT2D eigenvalue weighted by Crippen LogP contribution is 2.30. The number of para-hydroxylation sites is 1. The van der Waals surface area contributed by atoms with Gasteiger partial charge in [-0.2, -0.15) is 0 Å². The zero-order valence-electron chi connectivity index (χ0n) is 15.7. The van der Waals surface area contributed by atoms with Crippen molar-refractivity contribution < 1.29 is 14.3 Å². The van der Waals surface area contributed by atoms with Crippen molar-refractivity contribution in [2.75, 3.05) is 7.11 Å². The summed E-state index contributed by atoms with van der Waals surface area (Å²) >= 11 is 0. The van der Waals surface area contributed by atoms with Crippen LogP contribution in [0.1, 0.15) is 21.5 Å². The molecule has 3 aromatic carbocycles. The van der Waals surface area contributed by atoms with E-state index < -0.39 is 0 Å². The van der Waals surface area contributed by atoms with Crippen LogP contribution in [0.25, 0.3) is 22.4 Å². The third-order valence-corrected chi connectivity index (χ3v) is 4.56. The Balaban J connectivity index is 1.63. The molecular formula is C23H20N2O3. The Labute approximate surface area is 163 Å². The van der Waals surface area contributed by atoms with Crippen molar-refractivity contribution in [2.24, 2.45) is 0 Å². The Morgan fingerprint density at radius 3 is 2.61 bits per heavy atom. The topological polar surface area (TPSA) is 64.2 Å². The molecule has 0 saturated heterocycles. The molecular weight excluding hydrogens is 352 g/mol.